The summed E-state index contributed by atoms with van der Waals surface area (Å²) in [5.41, 5.74) is 0.399. The van der Waals surface area contributed by atoms with E-state index >= 15 is 0 Å². The van der Waals surface area contributed by atoms with Gasteiger partial charge >= 0.3 is 0 Å². The number of carbonyl (C=O) groups is 2. The number of piperazine rings is 1. The third-order valence-corrected chi connectivity index (χ3v) is 3.17. The number of amides is 2. The van der Waals surface area contributed by atoms with E-state index in [1.807, 2.05) is 0 Å². The monoisotopic (exact) mass is 266 g/mol. The van der Waals surface area contributed by atoms with Crippen molar-refractivity contribution in [3.63, 3.8) is 0 Å². The molecule has 2 amide bonds. The molecule has 1 aliphatic rings. The summed E-state index contributed by atoms with van der Waals surface area (Å²) < 4.78 is 4.86. The lowest BCUT2D eigenvalue weighted by Crippen LogP contribution is -2.49. The van der Waals surface area contributed by atoms with Gasteiger partial charge in [-0.15, -0.1) is 0 Å². The van der Waals surface area contributed by atoms with Crippen LogP contribution in [0.25, 0.3) is 0 Å². The topological polar surface area (TPSA) is 78.7 Å². The van der Waals surface area contributed by atoms with Gasteiger partial charge in [0.1, 0.15) is 11.3 Å². The zero-order valence-electron chi connectivity index (χ0n) is 11.2. The molecule has 2 rings (SSSR count). The van der Waals surface area contributed by atoms with Crippen LogP contribution >= 0.6 is 0 Å². The van der Waals surface area contributed by atoms with Crippen LogP contribution in [0.5, 0.6) is 0 Å². The SMILES string of the molecule is Cc1oncc1C(=O)N(C)CC(=O)N1CCNCC1. The number of rotatable bonds is 3. The molecule has 7 nitrogen and oxygen atoms in total. The number of hydrogen-bond acceptors (Lipinski definition) is 5. The molecule has 1 saturated heterocycles. The third-order valence-electron chi connectivity index (χ3n) is 3.17. The summed E-state index contributed by atoms with van der Waals surface area (Å²) in [5, 5.41) is 6.75. The third kappa shape index (κ3) is 3.11. The highest BCUT2D eigenvalue weighted by Gasteiger charge is 2.22. The van der Waals surface area contributed by atoms with Gasteiger partial charge in [0.15, 0.2) is 0 Å². The van der Waals surface area contributed by atoms with Crippen LogP contribution in [0.2, 0.25) is 0 Å². The fourth-order valence-electron chi connectivity index (χ4n) is 2.00. The highest BCUT2D eigenvalue weighted by Crippen LogP contribution is 2.09. The maximum Gasteiger partial charge on any atom is 0.259 e. The average molecular weight is 266 g/mol. The van der Waals surface area contributed by atoms with Crippen LogP contribution in [0.4, 0.5) is 0 Å². The molecule has 0 aromatic carbocycles. The van der Waals surface area contributed by atoms with Crippen molar-refractivity contribution in [1.29, 1.82) is 0 Å². The van der Waals surface area contributed by atoms with Crippen molar-refractivity contribution in [3.8, 4) is 0 Å². The first-order valence-corrected chi connectivity index (χ1v) is 6.25. The normalized spacial score (nSPS) is 15.4. The first kappa shape index (κ1) is 13.5. The van der Waals surface area contributed by atoms with Gasteiger partial charge in [-0.05, 0) is 6.92 Å². The van der Waals surface area contributed by atoms with Gasteiger partial charge in [0.2, 0.25) is 5.91 Å². The van der Waals surface area contributed by atoms with E-state index in [1.54, 1.807) is 18.9 Å². The summed E-state index contributed by atoms with van der Waals surface area (Å²) in [5.74, 6) is 0.181. The highest BCUT2D eigenvalue weighted by atomic mass is 16.5. The molecular formula is C12H18N4O3. The summed E-state index contributed by atoms with van der Waals surface area (Å²) in [6.45, 7) is 4.72. The first-order chi connectivity index (χ1) is 9.09. The van der Waals surface area contributed by atoms with Gasteiger partial charge in [0.05, 0.1) is 12.7 Å². The Balaban J connectivity index is 1.93. The van der Waals surface area contributed by atoms with Crippen LogP contribution in [0, 0.1) is 6.92 Å². The van der Waals surface area contributed by atoms with Crippen molar-refractivity contribution in [2.24, 2.45) is 0 Å². The molecule has 1 N–H and O–H groups in total. The quantitative estimate of drug-likeness (QED) is 0.797. The molecule has 104 valence electrons. The minimum Gasteiger partial charge on any atom is -0.361 e. The number of likely N-dealkylation sites (N-methyl/N-ethyl adjacent to an activating group) is 1. The molecule has 0 spiro atoms. The predicted octanol–water partition coefficient (Wildman–Crippen LogP) is -0.513. The van der Waals surface area contributed by atoms with Crippen LogP contribution < -0.4 is 5.32 Å². The van der Waals surface area contributed by atoms with Gasteiger partial charge in [-0.2, -0.15) is 0 Å². The maximum absolute atomic E-state index is 12.1. The molecule has 1 aromatic heterocycles. The first-order valence-electron chi connectivity index (χ1n) is 6.25. The van der Waals surface area contributed by atoms with E-state index in [0.29, 0.717) is 24.4 Å². The van der Waals surface area contributed by atoms with Crippen molar-refractivity contribution in [2.75, 3.05) is 39.8 Å². The Bertz CT molecular complexity index is 465. The lowest BCUT2D eigenvalue weighted by molar-refractivity contribution is -0.132. The number of aryl methyl sites for hydroxylation is 1. The maximum atomic E-state index is 12.1. The number of aromatic nitrogens is 1. The predicted molar refractivity (Wildman–Crippen MR) is 67.7 cm³/mol. The largest absolute Gasteiger partial charge is 0.361 e. The zero-order chi connectivity index (χ0) is 13.8. The van der Waals surface area contributed by atoms with Gasteiger partial charge in [0.25, 0.3) is 5.91 Å². The Hall–Kier alpha value is -1.89. The molecule has 7 heteroatoms. The van der Waals surface area contributed by atoms with E-state index in [9.17, 15) is 9.59 Å². The minimum atomic E-state index is -0.248. The van der Waals surface area contributed by atoms with E-state index in [4.69, 9.17) is 4.52 Å². The van der Waals surface area contributed by atoms with E-state index in [0.717, 1.165) is 13.1 Å². The summed E-state index contributed by atoms with van der Waals surface area (Å²) in [7, 11) is 1.61. The number of nitrogens with zero attached hydrogens (tertiary/aromatic N) is 3. The summed E-state index contributed by atoms with van der Waals surface area (Å²) in [6, 6.07) is 0. The average Bonchev–Trinajstić information content (AvgIpc) is 2.85. The van der Waals surface area contributed by atoms with Gasteiger partial charge < -0.3 is 19.6 Å². The van der Waals surface area contributed by atoms with E-state index < -0.39 is 0 Å². The van der Waals surface area contributed by atoms with Crippen molar-refractivity contribution in [3.05, 3.63) is 17.5 Å². The molecule has 1 aliphatic heterocycles. The minimum absolute atomic E-state index is 0.0357. The fraction of sp³-hybridized carbons (Fsp3) is 0.583. The van der Waals surface area contributed by atoms with Crippen molar-refractivity contribution >= 4 is 11.8 Å². The molecule has 0 unspecified atom stereocenters. The second kappa shape index (κ2) is 5.83. The molecule has 0 aliphatic carbocycles. The Morgan fingerprint density at radius 2 is 2.16 bits per heavy atom. The van der Waals surface area contributed by atoms with Gasteiger partial charge in [0, 0.05) is 33.2 Å². The molecule has 0 atom stereocenters. The van der Waals surface area contributed by atoms with E-state index in [1.165, 1.54) is 11.1 Å². The molecular weight excluding hydrogens is 248 g/mol. The molecule has 2 heterocycles. The van der Waals surface area contributed by atoms with E-state index in [2.05, 4.69) is 10.5 Å². The smallest absolute Gasteiger partial charge is 0.259 e. The van der Waals surface area contributed by atoms with Crippen molar-refractivity contribution < 1.29 is 14.1 Å². The summed E-state index contributed by atoms with van der Waals surface area (Å²) >= 11 is 0. The van der Waals surface area contributed by atoms with E-state index in [-0.39, 0.29) is 18.4 Å². The summed E-state index contributed by atoms with van der Waals surface area (Å²) in [6.07, 6.45) is 1.38. The molecule has 1 aromatic rings. The van der Waals surface area contributed by atoms with Crippen LogP contribution in [0.1, 0.15) is 16.1 Å². The highest BCUT2D eigenvalue weighted by molar-refractivity contribution is 5.96. The van der Waals surface area contributed by atoms with Gasteiger partial charge in [-0.3, -0.25) is 9.59 Å². The van der Waals surface area contributed by atoms with Gasteiger partial charge in [-0.1, -0.05) is 5.16 Å². The molecule has 0 saturated carbocycles. The second-order valence-electron chi connectivity index (χ2n) is 4.59. The van der Waals surface area contributed by atoms with Crippen molar-refractivity contribution in [1.82, 2.24) is 20.3 Å². The van der Waals surface area contributed by atoms with Crippen LogP contribution in [0.3, 0.4) is 0 Å². The van der Waals surface area contributed by atoms with Gasteiger partial charge in [-0.25, -0.2) is 0 Å². The number of hydrogen-bond donors (Lipinski definition) is 1. The van der Waals surface area contributed by atoms with Crippen LogP contribution in [-0.4, -0.2) is 66.5 Å². The second-order valence-corrected chi connectivity index (χ2v) is 4.59. The lowest BCUT2D eigenvalue weighted by Gasteiger charge is -2.29. The van der Waals surface area contributed by atoms with Crippen LogP contribution in [0.15, 0.2) is 10.7 Å². The Morgan fingerprint density at radius 1 is 1.47 bits per heavy atom. The molecule has 19 heavy (non-hydrogen) atoms. The fourth-order valence-corrected chi connectivity index (χ4v) is 2.00. The molecule has 0 radical (unpaired) electrons. The summed E-state index contributed by atoms with van der Waals surface area (Å²) in [4.78, 5) is 27.3. The Morgan fingerprint density at radius 3 is 2.74 bits per heavy atom. The molecule has 0 bridgehead atoms. The standard InChI is InChI=1S/C12H18N4O3/c1-9-10(7-14-19-9)12(18)15(2)8-11(17)16-5-3-13-4-6-16/h7,13H,3-6,8H2,1-2H3. The number of carbonyl (C=O) groups excluding carboxylic acids is 2. The van der Waals surface area contributed by atoms with Crippen molar-refractivity contribution in [2.45, 2.75) is 6.92 Å². The van der Waals surface area contributed by atoms with Crippen LogP contribution in [-0.2, 0) is 4.79 Å². The Kier molecular flexibility index (Phi) is 4.16. The molecule has 1 fully saturated rings. The number of nitrogens with one attached hydrogen (secondary N) is 1. The Labute approximate surface area is 111 Å². The lowest BCUT2D eigenvalue weighted by atomic mass is 10.2. The zero-order valence-corrected chi connectivity index (χ0v) is 11.2.